The summed E-state index contributed by atoms with van der Waals surface area (Å²) in [7, 11) is -9.31. The first-order valence-electron chi connectivity index (χ1n) is 6.03. The Morgan fingerprint density at radius 1 is 1.40 bits per heavy atom. The van der Waals surface area contributed by atoms with E-state index in [4.69, 9.17) is 5.53 Å². The Bertz CT molecular complexity index is 468. The second-order valence-electron chi connectivity index (χ2n) is 4.39. The summed E-state index contributed by atoms with van der Waals surface area (Å²) in [5, 5.41) is 3.54. The van der Waals surface area contributed by atoms with Crippen LogP contribution in [0.25, 0.3) is 10.4 Å². The van der Waals surface area contributed by atoms with Crippen molar-refractivity contribution in [1.82, 2.24) is 4.90 Å². The third-order valence-electron chi connectivity index (χ3n) is 2.95. The normalized spacial score (nSPS) is 22.8. The van der Waals surface area contributed by atoms with E-state index in [-0.39, 0.29) is 25.7 Å². The molecule has 1 aliphatic heterocycles. The van der Waals surface area contributed by atoms with Crippen molar-refractivity contribution in [3.8, 4) is 0 Å². The topological polar surface area (TPSA) is 156 Å². The van der Waals surface area contributed by atoms with Gasteiger partial charge >= 0.3 is 15.2 Å². The first-order valence-corrected chi connectivity index (χ1v) is 9.35. The van der Waals surface area contributed by atoms with Gasteiger partial charge in [0.1, 0.15) is 0 Å². The van der Waals surface area contributed by atoms with Crippen LogP contribution in [0.2, 0.25) is 0 Å². The van der Waals surface area contributed by atoms with E-state index in [2.05, 4.69) is 14.5 Å². The monoisotopic (exact) mass is 328 g/mol. The Labute approximate surface area is 116 Å². The molecule has 0 aromatic heterocycles. The third kappa shape index (κ3) is 4.55. The highest BCUT2D eigenvalue weighted by molar-refractivity contribution is 7.71. The van der Waals surface area contributed by atoms with Gasteiger partial charge in [-0.2, -0.15) is 0 Å². The van der Waals surface area contributed by atoms with Crippen molar-refractivity contribution in [3.63, 3.8) is 0 Å². The van der Waals surface area contributed by atoms with Crippen LogP contribution in [0.5, 0.6) is 0 Å². The Balaban J connectivity index is 2.90. The van der Waals surface area contributed by atoms with E-state index in [1.807, 2.05) is 0 Å². The van der Waals surface area contributed by atoms with Crippen LogP contribution >= 0.6 is 15.2 Å². The van der Waals surface area contributed by atoms with Crippen molar-refractivity contribution in [3.05, 3.63) is 10.4 Å². The maximum absolute atomic E-state index is 12.0. The number of piperidine rings is 1. The van der Waals surface area contributed by atoms with E-state index in [1.54, 1.807) is 0 Å². The molecule has 0 amide bonds. The van der Waals surface area contributed by atoms with Crippen molar-refractivity contribution in [2.75, 3.05) is 19.7 Å². The summed E-state index contributed by atoms with van der Waals surface area (Å²) in [6, 6.07) is -0.265. The van der Waals surface area contributed by atoms with Gasteiger partial charge in [-0.05, 0) is 25.3 Å². The van der Waals surface area contributed by atoms with Gasteiger partial charge in [0.2, 0.25) is 5.52 Å². The molecule has 0 spiro atoms. The van der Waals surface area contributed by atoms with Crippen molar-refractivity contribution in [2.24, 2.45) is 5.11 Å². The molecule has 0 aromatic rings. The van der Waals surface area contributed by atoms with Gasteiger partial charge in [-0.15, -0.1) is 0 Å². The first-order chi connectivity index (χ1) is 9.22. The average molecular weight is 328 g/mol. The van der Waals surface area contributed by atoms with Gasteiger partial charge in [0.25, 0.3) is 0 Å². The number of likely N-dealkylation sites (tertiary alicyclic amines) is 1. The highest BCUT2D eigenvalue weighted by Gasteiger charge is 2.49. The van der Waals surface area contributed by atoms with Crippen molar-refractivity contribution < 1.29 is 28.3 Å². The minimum Gasteiger partial charge on any atom is -0.323 e. The van der Waals surface area contributed by atoms with Gasteiger partial charge < -0.3 is 19.2 Å². The maximum Gasteiger partial charge on any atom is 0.357 e. The lowest BCUT2D eigenvalue weighted by Gasteiger charge is -2.37. The lowest BCUT2D eigenvalue weighted by atomic mass is 10.1. The molecular formula is C8H18N4O6P2. The fourth-order valence-corrected chi connectivity index (χ4v) is 5.69. The smallest absolute Gasteiger partial charge is 0.323 e. The van der Waals surface area contributed by atoms with Gasteiger partial charge in [0.15, 0.2) is 0 Å². The molecule has 20 heavy (non-hydrogen) atoms. The minimum absolute atomic E-state index is 0.126. The molecule has 0 aliphatic carbocycles. The third-order valence-corrected chi connectivity index (χ3v) is 7.19. The number of azide groups is 1. The molecule has 1 saturated heterocycles. The SMILES string of the molecule is CCOP(=O)(O)C(N1CCC(N=[N+]=[N-])CC1)P(=O)(O)O. The Kier molecular flexibility index (Phi) is 6.19. The van der Waals surface area contributed by atoms with E-state index in [0.29, 0.717) is 12.8 Å². The second kappa shape index (κ2) is 7.02. The number of rotatable bonds is 6. The van der Waals surface area contributed by atoms with Gasteiger partial charge in [-0.3, -0.25) is 14.0 Å². The van der Waals surface area contributed by atoms with E-state index in [0.717, 1.165) is 0 Å². The predicted molar refractivity (Wildman–Crippen MR) is 71.0 cm³/mol. The van der Waals surface area contributed by atoms with Gasteiger partial charge in [0, 0.05) is 24.0 Å². The Hall–Kier alpha value is -0.430. The molecule has 0 radical (unpaired) electrons. The summed E-state index contributed by atoms with van der Waals surface area (Å²) in [5.74, 6) is 0. The average Bonchev–Trinajstić information content (AvgIpc) is 2.29. The van der Waals surface area contributed by atoms with Crippen LogP contribution in [0.4, 0.5) is 0 Å². The maximum atomic E-state index is 12.0. The van der Waals surface area contributed by atoms with Gasteiger partial charge in [0.05, 0.1) is 6.61 Å². The molecule has 2 unspecified atom stereocenters. The molecule has 1 fully saturated rings. The molecule has 1 aliphatic rings. The quantitative estimate of drug-likeness (QED) is 0.288. The minimum atomic E-state index is -4.85. The molecule has 0 aromatic carbocycles. The molecule has 3 N–H and O–H groups in total. The molecule has 2 atom stereocenters. The summed E-state index contributed by atoms with van der Waals surface area (Å²) in [6.45, 7) is 1.64. The molecule has 1 rings (SSSR count). The molecule has 1 heterocycles. The Morgan fingerprint density at radius 3 is 2.35 bits per heavy atom. The van der Waals surface area contributed by atoms with Crippen LogP contribution in [0, 0.1) is 0 Å². The summed E-state index contributed by atoms with van der Waals surface area (Å²) in [5.41, 5.74) is 6.46. The fourth-order valence-electron chi connectivity index (χ4n) is 2.17. The zero-order valence-corrected chi connectivity index (χ0v) is 12.7. The number of hydrogen-bond acceptors (Lipinski definition) is 5. The van der Waals surface area contributed by atoms with Crippen molar-refractivity contribution in [1.29, 1.82) is 0 Å². The molecular weight excluding hydrogens is 310 g/mol. The highest BCUT2D eigenvalue weighted by Crippen LogP contribution is 2.64. The molecule has 116 valence electrons. The zero-order chi connectivity index (χ0) is 15.4. The predicted octanol–water partition coefficient (Wildman–Crippen LogP) is 1.44. The molecule has 12 heteroatoms. The van der Waals surface area contributed by atoms with Crippen molar-refractivity contribution >= 4 is 15.2 Å². The van der Waals surface area contributed by atoms with Crippen LogP contribution in [0.1, 0.15) is 19.8 Å². The standard InChI is InChI=1S/C8H18N4O6P2/c1-2-18-20(16,17)8(19(13,14)15)12-5-3-7(4-6-12)10-11-9/h7-8H,2-6H2,1H3,(H,16,17)(H2,13,14,15). The highest BCUT2D eigenvalue weighted by atomic mass is 31.2. The van der Waals surface area contributed by atoms with Crippen LogP contribution in [0.15, 0.2) is 5.11 Å². The van der Waals surface area contributed by atoms with Gasteiger partial charge in [-0.1, -0.05) is 5.11 Å². The van der Waals surface area contributed by atoms with Crippen LogP contribution in [-0.2, 0) is 13.7 Å². The largest absolute Gasteiger partial charge is 0.357 e. The number of nitrogens with zero attached hydrogens (tertiary/aromatic N) is 4. The van der Waals surface area contributed by atoms with Crippen LogP contribution < -0.4 is 0 Å². The lowest BCUT2D eigenvalue weighted by molar-refractivity contribution is 0.173. The number of hydrogen-bond donors (Lipinski definition) is 3. The molecule has 0 saturated carbocycles. The van der Waals surface area contributed by atoms with E-state index >= 15 is 0 Å². The summed E-state index contributed by atoms with van der Waals surface area (Å²) in [6.07, 6.45) is 0.735. The fraction of sp³-hybridized carbons (Fsp3) is 1.00. The van der Waals surface area contributed by atoms with E-state index in [1.165, 1.54) is 11.8 Å². The van der Waals surface area contributed by atoms with Crippen molar-refractivity contribution in [2.45, 2.75) is 31.3 Å². The molecule has 0 bridgehead atoms. The summed E-state index contributed by atoms with van der Waals surface area (Å²) < 4.78 is 28.1. The van der Waals surface area contributed by atoms with Gasteiger partial charge in [-0.25, -0.2) is 0 Å². The zero-order valence-electron chi connectivity index (χ0n) is 10.9. The van der Waals surface area contributed by atoms with E-state index in [9.17, 15) is 23.8 Å². The van der Waals surface area contributed by atoms with E-state index < -0.39 is 20.7 Å². The van der Waals surface area contributed by atoms with Crippen LogP contribution in [0.3, 0.4) is 0 Å². The molecule has 10 nitrogen and oxygen atoms in total. The summed E-state index contributed by atoms with van der Waals surface area (Å²) in [4.78, 5) is 32.3. The van der Waals surface area contributed by atoms with Crippen LogP contribution in [-0.4, -0.2) is 50.8 Å². The Morgan fingerprint density at radius 2 is 1.95 bits per heavy atom. The first kappa shape index (κ1) is 17.6. The second-order valence-corrected chi connectivity index (χ2v) is 8.34. The lowest BCUT2D eigenvalue weighted by Crippen LogP contribution is -2.42. The summed E-state index contributed by atoms with van der Waals surface area (Å²) >= 11 is 0.